The van der Waals surface area contributed by atoms with Gasteiger partial charge in [-0.3, -0.25) is 0 Å². The van der Waals surface area contributed by atoms with Crippen molar-refractivity contribution in [3.63, 3.8) is 0 Å². The summed E-state index contributed by atoms with van der Waals surface area (Å²) in [7, 11) is -1.97. The fourth-order valence-electron chi connectivity index (χ4n) is 2.06. The molecular formula is C12H17ClN2O3S. The van der Waals surface area contributed by atoms with Crippen LogP contribution >= 0.6 is 11.6 Å². The topological polar surface area (TPSA) is 59.5 Å². The van der Waals surface area contributed by atoms with E-state index in [9.17, 15) is 8.42 Å². The van der Waals surface area contributed by atoms with Gasteiger partial charge in [0, 0.05) is 26.4 Å². The molecule has 1 atom stereocenters. The average Bonchev–Trinajstić information content (AvgIpc) is 2.40. The molecule has 1 unspecified atom stereocenters. The number of rotatable bonds is 4. The van der Waals surface area contributed by atoms with Crippen molar-refractivity contribution < 1.29 is 13.2 Å². The molecule has 0 aliphatic carbocycles. The molecule has 0 amide bonds. The summed E-state index contributed by atoms with van der Waals surface area (Å²) >= 11 is 5.73. The Hall–Kier alpha value is -0.690. The van der Waals surface area contributed by atoms with Crippen molar-refractivity contribution in [3.8, 4) is 0 Å². The van der Waals surface area contributed by atoms with Crippen molar-refractivity contribution in [2.24, 2.45) is 0 Å². The maximum atomic E-state index is 12.3. The molecule has 0 radical (unpaired) electrons. The molecule has 1 aromatic rings. The average molecular weight is 305 g/mol. The Morgan fingerprint density at radius 1 is 1.53 bits per heavy atom. The van der Waals surface area contributed by atoms with Crippen LogP contribution in [0.5, 0.6) is 0 Å². The molecule has 5 nitrogen and oxygen atoms in total. The fraction of sp³-hybridized carbons (Fsp3) is 0.583. The molecule has 0 spiro atoms. The number of sulfonamides is 1. The lowest BCUT2D eigenvalue weighted by Crippen LogP contribution is -2.37. The van der Waals surface area contributed by atoms with Crippen LogP contribution in [-0.2, 0) is 14.8 Å². The van der Waals surface area contributed by atoms with Gasteiger partial charge in [-0.1, -0.05) is 11.6 Å². The van der Waals surface area contributed by atoms with Gasteiger partial charge in [0.25, 0.3) is 0 Å². The van der Waals surface area contributed by atoms with Crippen LogP contribution in [-0.4, -0.2) is 44.0 Å². The lowest BCUT2D eigenvalue weighted by atomic mass is 10.1. The van der Waals surface area contributed by atoms with Crippen molar-refractivity contribution >= 4 is 21.6 Å². The molecule has 2 rings (SSSR count). The minimum atomic E-state index is -3.53. The molecule has 0 N–H and O–H groups in total. The number of pyridine rings is 1. The lowest BCUT2D eigenvalue weighted by Gasteiger charge is -2.27. The van der Waals surface area contributed by atoms with Gasteiger partial charge >= 0.3 is 0 Å². The second kappa shape index (κ2) is 6.17. The second-order valence-electron chi connectivity index (χ2n) is 4.59. The summed E-state index contributed by atoms with van der Waals surface area (Å²) in [5, 5.41) is 0.170. The van der Waals surface area contributed by atoms with Gasteiger partial charge in [-0.25, -0.2) is 13.4 Å². The summed E-state index contributed by atoms with van der Waals surface area (Å²) in [6, 6.07) is 2.80. The molecule has 1 fully saturated rings. The van der Waals surface area contributed by atoms with E-state index in [2.05, 4.69) is 4.98 Å². The summed E-state index contributed by atoms with van der Waals surface area (Å²) in [4.78, 5) is 3.94. The number of nitrogens with zero attached hydrogens (tertiary/aromatic N) is 2. The number of likely N-dealkylation sites (N-methyl/N-ethyl adjacent to an activating group) is 1. The van der Waals surface area contributed by atoms with Crippen LogP contribution in [0.15, 0.2) is 23.2 Å². The third kappa shape index (κ3) is 3.66. The van der Waals surface area contributed by atoms with Crippen LogP contribution in [0.3, 0.4) is 0 Å². The molecular weight excluding hydrogens is 288 g/mol. The number of ether oxygens (including phenoxy) is 1. The van der Waals surface area contributed by atoms with Crippen LogP contribution < -0.4 is 0 Å². The standard InChI is InChI=1S/C12H17ClN2O3S/c1-15(9-10-4-2-3-7-18-10)19(16,17)11-5-6-14-12(13)8-11/h5-6,8,10H,2-4,7,9H2,1H3. The van der Waals surface area contributed by atoms with Crippen LogP contribution in [0.2, 0.25) is 5.15 Å². The molecule has 0 saturated carbocycles. The van der Waals surface area contributed by atoms with E-state index in [1.165, 1.54) is 22.6 Å². The zero-order chi connectivity index (χ0) is 13.9. The van der Waals surface area contributed by atoms with Crippen molar-refractivity contribution in [2.45, 2.75) is 30.3 Å². The first-order valence-corrected chi connectivity index (χ1v) is 8.01. The van der Waals surface area contributed by atoms with Gasteiger partial charge in [0.15, 0.2) is 0 Å². The number of hydrogen-bond donors (Lipinski definition) is 0. The van der Waals surface area contributed by atoms with Gasteiger partial charge in [0.2, 0.25) is 10.0 Å². The van der Waals surface area contributed by atoms with Crippen LogP contribution in [0, 0.1) is 0 Å². The van der Waals surface area contributed by atoms with Crippen molar-refractivity contribution in [1.29, 1.82) is 0 Å². The Labute approximate surface area is 118 Å². The Balaban J connectivity index is 2.10. The fourth-order valence-corrected chi connectivity index (χ4v) is 3.52. The van der Waals surface area contributed by atoms with E-state index in [1.54, 1.807) is 7.05 Å². The minimum Gasteiger partial charge on any atom is -0.377 e. The van der Waals surface area contributed by atoms with E-state index in [0.29, 0.717) is 13.2 Å². The Morgan fingerprint density at radius 2 is 2.32 bits per heavy atom. The summed E-state index contributed by atoms with van der Waals surface area (Å²) < 4.78 is 31.6. The lowest BCUT2D eigenvalue weighted by molar-refractivity contribution is 0.00858. The van der Waals surface area contributed by atoms with Gasteiger partial charge in [0.1, 0.15) is 5.15 Å². The highest BCUT2D eigenvalue weighted by molar-refractivity contribution is 7.89. The first-order valence-electron chi connectivity index (χ1n) is 6.19. The Bertz CT molecular complexity index is 530. The molecule has 2 heterocycles. The third-order valence-electron chi connectivity index (χ3n) is 3.14. The third-order valence-corrected chi connectivity index (χ3v) is 5.17. The SMILES string of the molecule is CN(CC1CCCCO1)S(=O)(=O)c1ccnc(Cl)c1. The van der Waals surface area contributed by atoms with E-state index >= 15 is 0 Å². The molecule has 1 aliphatic rings. The Morgan fingerprint density at radius 3 is 2.95 bits per heavy atom. The van der Waals surface area contributed by atoms with Crippen molar-refractivity contribution in [1.82, 2.24) is 9.29 Å². The summed E-state index contributed by atoms with van der Waals surface area (Å²) in [5.41, 5.74) is 0. The first kappa shape index (κ1) is 14.7. The maximum absolute atomic E-state index is 12.3. The van der Waals surface area contributed by atoms with E-state index in [-0.39, 0.29) is 16.2 Å². The molecule has 106 valence electrons. The van der Waals surface area contributed by atoms with E-state index in [4.69, 9.17) is 16.3 Å². The molecule has 19 heavy (non-hydrogen) atoms. The highest BCUT2D eigenvalue weighted by atomic mass is 35.5. The normalized spacial score (nSPS) is 20.7. The second-order valence-corrected chi connectivity index (χ2v) is 7.02. The molecule has 1 aliphatic heterocycles. The number of hydrogen-bond acceptors (Lipinski definition) is 4. The van der Waals surface area contributed by atoms with Crippen LogP contribution in [0.4, 0.5) is 0 Å². The van der Waals surface area contributed by atoms with Crippen LogP contribution in [0.1, 0.15) is 19.3 Å². The van der Waals surface area contributed by atoms with Gasteiger partial charge in [-0.2, -0.15) is 4.31 Å². The molecule has 7 heteroatoms. The van der Waals surface area contributed by atoms with Crippen molar-refractivity contribution in [2.75, 3.05) is 20.2 Å². The monoisotopic (exact) mass is 304 g/mol. The van der Waals surface area contributed by atoms with Crippen molar-refractivity contribution in [3.05, 3.63) is 23.5 Å². The van der Waals surface area contributed by atoms with E-state index in [1.807, 2.05) is 0 Å². The smallest absolute Gasteiger partial charge is 0.243 e. The molecule has 1 saturated heterocycles. The number of halogens is 1. The highest BCUT2D eigenvalue weighted by Crippen LogP contribution is 2.19. The molecule has 1 aromatic heterocycles. The largest absolute Gasteiger partial charge is 0.377 e. The summed E-state index contributed by atoms with van der Waals surface area (Å²) in [6.45, 7) is 1.07. The molecule has 0 bridgehead atoms. The first-order chi connectivity index (χ1) is 9.00. The summed E-state index contributed by atoms with van der Waals surface area (Å²) in [6.07, 6.45) is 4.40. The van der Waals surface area contributed by atoms with Gasteiger partial charge in [0.05, 0.1) is 11.0 Å². The maximum Gasteiger partial charge on any atom is 0.243 e. The number of aromatic nitrogens is 1. The van der Waals surface area contributed by atoms with Gasteiger partial charge in [-0.15, -0.1) is 0 Å². The molecule has 0 aromatic carbocycles. The highest BCUT2D eigenvalue weighted by Gasteiger charge is 2.25. The van der Waals surface area contributed by atoms with Gasteiger partial charge < -0.3 is 4.74 Å². The quantitative estimate of drug-likeness (QED) is 0.798. The summed E-state index contributed by atoms with van der Waals surface area (Å²) in [5.74, 6) is 0. The predicted octanol–water partition coefficient (Wildman–Crippen LogP) is 1.92. The zero-order valence-electron chi connectivity index (χ0n) is 10.8. The van der Waals surface area contributed by atoms with E-state index < -0.39 is 10.0 Å². The zero-order valence-corrected chi connectivity index (χ0v) is 12.3. The van der Waals surface area contributed by atoms with Crippen LogP contribution in [0.25, 0.3) is 0 Å². The minimum absolute atomic E-state index is 0.0224. The Kier molecular flexibility index (Phi) is 4.78. The predicted molar refractivity (Wildman–Crippen MR) is 72.7 cm³/mol. The van der Waals surface area contributed by atoms with Gasteiger partial charge in [-0.05, 0) is 31.4 Å². The van der Waals surface area contributed by atoms with E-state index in [0.717, 1.165) is 19.3 Å².